The largest absolute Gasteiger partial charge is 0.385 e. The second-order valence-electron chi connectivity index (χ2n) is 2.34. The van der Waals surface area contributed by atoms with Crippen molar-refractivity contribution in [3.63, 3.8) is 0 Å². The Morgan fingerprint density at radius 3 is 3.08 bits per heavy atom. The molecule has 0 saturated carbocycles. The van der Waals surface area contributed by atoms with Gasteiger partial charge in [-0.25, -0.2) is 11.4 Å². The maximum absolute atomic E-state index is 5.62. The van der Waals surface area contributed by atoms with Crippen LogP contribution in [0.25, 0.3) is 0 Å². The lowest BCUT2D eigenvalue weighted by Crippen LogP contribution is -2.47. The van der Waals surface area contributed by atoms with Gasteiger partial charge in [-0.1, -0.05) is 0 Å². The maximum atomic E-state index is 5.62. The van der Waals surface area contributed by atoms with Gasteiger partial charge in [0.1, 0.15) is 0 Å². The van der Waals surface area contributed by atoms with Crippen LogP contribution in [0.15, 0.2) is 5.10 Å². The highest BCUT2D eigenvalue weighted by Crippen LogP contribution is 1.87. The summed E-state index contributed by atoms with van der Waals surface area (Å²) < 4.78 is 4.88. The Hall–Kier alpha value is -1.05. The lowest BCUT2D eigenvalue weighted by molar-refractivity contribution is 0.186. The van der Waals surface area contributed by atoms with E-state index in [1.54, 1.807) is 7.11 Å². The van der Waals surface area contributed by atoms with Crippen LogP contribution in [0.3, 0.4) is 0 Å². The Morgan fingerprint density at radius 1 is 1.67 bits per heavy atom. The van der Waals surface area contributed by atoms with Crippen LogP contribution in [0.2, 0.25) is 0 Å². The molecule has 1 aliphatic rings. The molecule has 0 fully saturated rings. The fourth-order valence-electron chi connectivity index (χ4n) is 0.814. The topological polar surface area (TPSA) is 86.9 Å². The number of ether oxygens (including phenoxy) is 1. The van der Waals surface area contributed by atoms with Crippen molar-refractivity contribution in [2.24, 2.45) is 10.9 Å². The van der Waals surface area contributed by atoms with Crippen molar-refractivity contribution in [2.75, 3.05) is 20.3 Å². The zero-order valence-corrected chi connectivity index (χ0v) is 7.00. The molecule has 0 aromatic rings. The van der Waals surface area contributed by atoms with Gasteiger partial charge in [0.05, 0.1) is 0 Å². The van der Waals surface area contributed by atoms with Crippen LogP contribution in [0, 0.1) is 0 Å². The summed E-state index contributed by atoms with van der Waals surface area (Å²) in [4.78, 5) is 0. The highest BCUT2D eigenvalue weighted by Gasteiger charge is 2.09. The summed E-state index contributed by atoms with van der Waals surface area (Å²) in [6.07, 6.45) is 0.869. The number of guanidine groups is 1. The second-order valence-corrected chi connectivity index (χ2v) is 2.34. The number of hydrogen-bond acceptors (Lipinski definition) is 7. The first-order valence-electron chi connectivity index (χ1n) is 3.69. The van der Waals surface area contributed by atoms with E-state index in [4.69, 9.17) is 10.6 Å². The van der Waals surface area contributed by atoms with Gasteiger partial charge in [-0.05, 0) is 6.42 Å². The average Bonchev–Trinajstić information content (AvgIpc) is 2.56. The number of hydrogen-bond donors (Lipinski definition) is 4. The number of hydrazine groups is 3. The van der Waals surface area contributed by atoms with Crippen LogP contribution in [-0.2, 0) is 4.74 Å². The van der Waals surface area contributed by atoms with Gasteiger partial charge in [0.25, 0.3) is 0 Å². The third-order valence-corrected chi connectivity index (χ3v) is 1.41. The average molecular weight is 174 g/mol. The first-order chi connectivity index (χ1) is 5.84. The quantitative estimate of drug-likeness (QED) is 0.226. The molecule has 0 saturated heterocycles. The summed E-state index contributed by atoms with van der Waals surface area (Å²) in [5.74, 6) is 6.20. The number of nitrogens with zero attached hydrogens (tertiary/aromatic N) is 2. The van der Waals surface area contributed by atoms with Crippen LogP contribution in [0.5, 0.6) is 0 Å². The molecule has 0 unspecified atom stereocenters. The molecule has 1 aliphatic heterocycles. The predicted octanol–water partition coefficient (Wildman–Crippen LogP) is -1.92. The van der Waals surface area contributed by atoms with Crippen molar-refractivity contribution in [1.82, 2.24) is 21.5 Å². The van der Waals surface area contributed by atoms with Crippen LogP contribution in [0.1, 0.15) is 6.42 Å². The smallest absolute Gasteiger partial charge is 0.247 e. The molecule has 0 aromatic heterocycles. The highest BCUT2D eigenvalue weighted by molar-refractivity contribution is 5.79. The monoisotopic (exact) mass is 174 g/mol. The Balaban J connectivity index is 2.14. The van der Waals surface area contributed by atoms with E-state index in [0.29, 0.717) is 19.1 Å². The van der Waals surface area contributed by atoms with Gasteiger partial charge >= 0.3 is 0 Å². The minimum absolute atomic E-state index is 0.575. The van der Waals surface area contributed by atoms with Crippen molar-refractivity contribution < 1.29 is 4.74 Å². The molecule has 7 heteroatoms. The van der Waals surface area contributed by atoms with E-state index in [9.17, 15) is 0 Å². The number of nitrogens with two attached hydrogens (primary N) is 1. The SMILES string of the molecule is COCCCN(N)C1=NNNN1. The number of methoxy groups -OCH3 is 1. The van der Waals surface area contributed by atoms with Gasteiger partial charge < -0.3 is 4.74 Å². The van der Waals surface area contributed by atoms with Gasteiger partial charge in [0, 0.05) is 20.3 Å². The van der Waals surface area contributed by atoms with Crippen molar-refractivity contribution in [3.8, 4) is 0 Å². The molecule has 0 bridgehead atoms. The first-order valence-corrected chi connectivity index (χ1v) is 3.69. The Morgan fingerprint density at radius 2 is 2.50 bits per heavy atom. The molecule has 12 heavy (non-hydrogen) atoms. The highest BCUT2D eigenvalue weighted by atomic mass is 16.5. The molecule has 7 nitrogen and oxygen atoms in total. The first kappa shape index (κ1) is 9.04. The molecule has 0 amide bonds. The van der Waals surface area contributed by atoms with Crippen LogP contribution >= 0.6 is 0 Å². The molecule has 0 aliphatic carbocycles. The molecule has 70 valence electrons. The van der Waals surface area contributed by atoms with Crippen LogP contribution < -0.4 is 22.3 Å². The van der Waals surface area contributed by atoms with Crippen molar-refractivity contribution in [3.05, 3.63) is 0 Å². The predicted molar refractivity (Wildman–Crippen MR) is 44.2 cm³/mol. The van der Waals surface area contributed by atoms with Gasteiger partial charge in [-0.15, -0.1) is 10.6 Å². The lowest BCUT2D eigenvalue weighted by atomic mass is 10.4. The fourth-order valence-corrected chi connectivity index (χ4v) is 0.814. The molecular weight excluding hydrogens is 160 g/mol. The summed E-state index contributed by atoms with van der Waals surface area (Å²) in [5.41, 5.74) is 7.84. The third-order valence-electron chi connectivity index (χ3n) is 1.41. The van der Waals surface area contributed by atoms with Crippen molar-refractivity contribution in [2.45, 2.75) is 6.42 Å². The summed E-state index contributed by atoms with van der Waals surface area (Å²) in [7, 11) is 1.66. The molecule has 5 N–H and O–H groups in total. The van der Waals surface area contributed by atoms with E-state index in [1.165, 1.54) is 5.01 Å². The van der Waals surface area contributed by atoms with E-state index in [-0.39, 0.29) is 0 Å². The van der Waals surface area contributed by atoms with Gasteiger partial charge in [-0.2, -0.15) is 0 Å². The van der Waals surface area contributed by atoms with Crippen LogP contribution in [0.4, 0.5) is 0 Å². The van der Waals surface area contributed by atoms with E-state index in [2.05, 4.69) is 21.6 Å². The molecular formula is C5H14N6O. The van der Waals surface area contributed by atoms with Crippen LogP contribution in [-0.4, -0.2) is 31.2 Å². The summed E-state index contributed by atoms with van der Waals surface area (Å²) in [6, 6.07) is 0. The minimum atomic E-state index is 0.575. The van der Waals surface area contributed by atoms with Gasteiger partial charge in [0.2, 0.25) is 5.96 Å². The van der Waals surface area contributed by atoms with E-state index in [0.717, 1.165) is 6.42 Å². The standard InChI is InChI=1S/C5H14N6O/c1-12-4-2-3-11(6)5-7-9-10-8-5/h9-10H,2-4,6H2,1H3,(H,7,8). The Bertz CT molecular complexity index is 160. The summed E-state index contributed by atoms with van der Waals surface area (Å²) in [5, 5.41) is 5.32. The summed E-state index contributed by atoms with van der Waals surface area (Å²) in [6.45, 7) is 1.39. The molecule has 1 rings (SSSR count). The number of hydrazone groups is 1. The molecule has 0 aromatic carbocycles. The van der Waals surface area contributed by atoms with Gasteiger partial charge in [0.15, 0.2) is 0 Å². The van der Waals surface area contributed by atoms with Crippen molar-refractivity contribution in [1.29, 1.82) is 0 Å². The fraction of sp³-hybridized carbons (Fsp3) is 0.800. The normalized spacial score (nSPS) is 15.0. The van der Waals surface area contributed by atoms with Gasteiger partial charge in [-0.3, -0.25) is 10.4 Å². The Labute approximate surface area is 70.8 Å². The molecule has 0 radical (unpaired) electrons. The second kappa shape index (κ2) is 4.75. The van der Waals surface area contributed by atoms with Crippen molar-refractivity contribution >= 4 is 5.96 Å². The maximum Gasteiger partial charge on any atom is 0.247 e. The zero-order chi connectivity index (χ0) is 8.81. The lowest BCUT2D eigenvalue weighted by Gasteiger charge is -2.16. The van der Waals surface area contributed by atoms with E-state index in [1.807, 2.05) is 0 Å². The third kappa shape index (κ3) is 2.53. The van der Waals surface area contributed by atoms with E-state index < -0.39 is 0 Å². The van der Waals surface area contributed by atoms with E-state index >= 15 is 0 Å². The molecule has 0 atom stereocenters. The molecule has 0 spiro atoms. The number of nitrogens with one attached hydrogen (secondary N) is 3. The minimum Gasteiger partial charge on any atom is -0.385 e. The Kier molecular flexibility index (Phi) is 3.58. The molecule has 1 heterocycles. The number of rotatable bonds is 4. The zero-order valence-electron chi connectivity index (χ0n) is 7.00. The summed E-state index contributed by atoms with van der Waals surface area (Å²) >= 11 is 0.